The maximum absolute atomic E-state index is 12.6. The number of carbonyl (C=O) groups excluding carboxylic acids is 1. The first-order chi connectivity index (χ1) is 13.7. The zero-order valence-corrected chi connectivity index (χ0v) is 17.4. The van der Waals surface area contributed by atoms with Crippen LogP contribution in [-0.2, 0) is 23.8 Å². The topological polar surface area (TPSA) is 110 Å². The molecule has 1 aliphatic heterocycles. The number of nitrogens with zero attached hydrogens (tertiary/aromatic N) is 1. The first-order valence-electron chi connectivity index (χ1n) is 9.46. The van der Waals surface area contributed by atoms with Crippen molar-refractivity contribution >= 4 is 22.2 Å². The fourth-order valence-electron chi connectivity index (χ4n) is 3.20. The number of benzene rings is 1. The zero-order valence-electron chi connectivity index (χ0n) is 16.6. The minimum atomic E-state index is -3.99. The van der Waals surface area contributed by atoms with Crippen LogP contribution in [0.1, 0.15) is 37.7 Å². The van der Waals surface area contributed by atoms with Gasteiger partial charge < -0.3 is 14.7 Å². The van der Waals surface area contributed by atoms with Gasteiger partial charge in [-0.25, -0.2) is 4.79 Å². The Kier molecular flexibility index (Phi) is 8.21. The lowest BCUT2D eigenvalue weighted by Crippen LogP contribution is -2.40. The van der Waals surface area contributed by atoms with E-state index < -0.39 is 28.4 Å². The molecule has 1 heterocycles. The van der Waals surface area contributed by atoms with E-state index in [0.717, 1.165) is 5.56 Å². The molecule has 1 N–H and O–H groups in total. The van der Waals surface area contributed by atoms with Gasteiger partial charge in [-0.2, -0.15) is 8.42 Å². The molecule has 1 saturated heterocycles. The molecule has 160 valence electrons. The molecule has 0 bridgehead atoms. The smallest absolute Gasteiger partial charge is 0.407 e. The maximum atomic E-state index is 12.6. The van der Waals surface area contributed by atoms with Gasteiger partial charge >= 0.3 is 12.1 Å². The van der Waals surface area contributed by atoms with Crippen molar-refractivity contribution in [3.8, 4) is 0 Å². The minimum Gasteiger partial charge on any atom is -0.469 e. The second kappa shape index (κ2) is 10.4. The van der Waals surface area contributed by atoms with Crippen LogP contribution in [0.25, 0.3) is 0 Å². The van der Waals surface area contributed by atoms with Crippen LogP contribution in [-0.4, -0.2) is 56.3 Å². The molecule has 1 aromatic carbocycles. The van der Waals surface area contributed by atoms with E-state index in [9.17, 15) is 23.1 Å². The Labute approximate surface area is 171 Å². The van der Waals surface area contributed by atoms with Crippen molar-refractivity contribution in [2.45, 2.75) is 56.1 Å². The van der Waals surface area contributed by atoms with Gasteiger partial charge in [0, 0.05) is 13.0 Å². The highest BCUT2D eigenvalue weighted by Crippen LogP contribution is 2.28. The fraction of sp³-hybridized carbons (Fsp3) is 0.500. The Balaban J connectivity index is 2.01. The van der Waals surface area contributed by atoms with Crippen LogP contribution in [0, 0.1) is 6.92 Å². The number of esters is 1. The first-order valence-corrected chi connectivity index (χ1v) is 10.9. The van der Waals surface area contributed by atoms with Crippen LogP contribution in [0.3, 0.4) is 0 Å². The van der Waals surface area contributed by atoms with E-state index >= 15 is 0 Å². The number of unbranched alkanes of at least 4 members (excludes halogenated alkanes) is 1. The number of amides is 1. The molecule has 8 nitrogen and oxygen atoms in total. The Hall–Kier alpha value is -2.39. The highest BCUT2D eigenvalue weighted by molar-refractivity contribution is 7.86. The number of allylic oxidation sites excluding steroid dienone is 1. The number of ether oxygens (including phenoxy) is 1. The monoisotopic (exact) mass is 425 g/mol. The third-order valence-corrected chi connectivity index (χ3v) is 6.16. The summed E-state index contributed by atoms with van der Waals surface area (Å²) in [6, 6.07) is 5.73. The second-order valence-electron chi connectivity index (χ2n) is 6.91. The lowest BCUT2D eigenvalue weighted by molar-refractivity contribution is -0.140. The van der Waals surface area contributed by atoms with Gasteiger partial charge in [0.25, 0.3) is 10.1 Å². The van der Waals surface area contributed by atoms with Crippen molar-refractivity contribution < 1.29 is 32.0 Å². The van der Waals surface area contributed by atoms with Crippen molar-refractivity contribution in [2.24, 2.45) is 0 Å². The molecular weight excluding hydrogens is 398 g/mol. The maximum Gasteiger partial charge on any atom is 0.407 e. The van der Waals surface area contributed by atoms with E-state index in [1.165, 1.54) is 24.1 Å². The summed E-state index contributed by atoms with van der Waals surface area (Å²) in [7, 11) is -2.65. The van der Waals surface area contributed by atoms with Crippen molar-refractivity contribution in [1.82, 2.24) is 4.90 Å². The Bertz CT molecular complexity index is 833. The quantitative estimate of drug-likeness (QED) is 0.280. The molecule has 9 heteroatoms. The summed E-state index contributed by atoms with van der Waals surface area (Å²) in [6.07, 6.45) is 4.01. The van der Waals surface area contributed by atoms with Crippen LogP contribution in [0.2, 0.25) is 0 Å². The summed E-state index contributed by atoms with van der Waals surface area (Å²) in [5.74, 6) is -0.277. The largest absolute Gasteiger partial charge is 0.469 e. The average molecular weight is 426 g/mol. The van der Waals surface area contributed by atoms with Crippen LogP contribution >= 0.6 is 0 Å². The lowest BCUT2D eigenvalue weighted by atomic mass is 10.1. The predicted octanol–water partition coefficient (Wildman–Crippen LogP) is 3.11. The summed E-state index contributed by atoms with van der Waals surface area (Å²) in [5.41, 5.74) is 0.928. The van der Waals surface area contributed by atoms with Crippen molar-refractivity contribution in [3.63, 3.8) is 0 Å². The average Bonchev–Trinajstić information content (AvgIpc) is 3.06. The third-order valence-electron chi connectivity index (χ3n) is 4.81. The summed E-state index contributed by atoms with van der Waals surface area (Å²) < 4.78 is 35.1. The summed E-state index contributed by atoms with van der Waals surface area (Å²) in [5, 5.41) is 9.42. The second-order valence-corrected chi connectivity index (χ2v) is 8.48. The Morgan fingerprint density at radius 3 is 2.55 bits per heavy atom. The van der Waals surface area contributed by atoms with Gasteiger partial charge in [-0.05, 0) is 44.7 Å². The number of rotatable bonds is 9. The van der Waals surface area contributed by atoms with E-state index in [4.69, 9.17) is 4.18 Å². The molecule has 1 amide bonds. The number of hydrogen-bond acceptors (Lipinski definition) is 6. The van der Waals surface area contributed by atoms with E-state index in [-0.39, 0.29) is 17.4 Å². The predicted molar refractivity (Wildman–Crippen MR) is 106 cm³/mol. The fourth-order valence-corrected chi connectivity index (χ4v) is 4.33. The molecule has 29 heavy (non-hydrogen) atoms. The SMILES string of the molecule is COC(=O)CCC/C=C\C[C@@H]1C(OS(=O)(=O)c2ccc(C)cc2)CCN1C(=O)O. The number of carboxylic acid groups (broad SMARTS) is 1. The van der Waals surface area contributed by atoms with E-state index in [1.54, 1.807) is 18.2 Å². The van der Waals surface area contributed by atoms with Crippen molar-refractivity contribution in [3.05, 3.63) is 42.0 Å². The number of hydrogen-bond donors (Lipinski definition) is 1. The van der Waals surface area contributed by atoms with Gasteiger partial charge in [-0.3, -0.25) is 8.98 Å². The number of carbonyl (C=O) groups is 2. The van der Waals surface area contributed by atoms with Gasteiger partial charge in [0.1, 0.15) is 0 Å². The van der Waals surface area contributed by atoms with Gasteiger partial charge in [-0.15, -0.1) is 0 Å². The molecule has 1 aliphatic rings. The van der Waals surface area contributed by atoms with Crippen molar-refractivity contribution in [1.29, 1.82) is 0 Å². The zero-order chi connectivity index (χ0) is 21.4. The van der Waals surface area contributed by atoms with E-state index in [0.29, 0.717) is 32.1 Å². The van der Waals surface area contributed by atoms with Crippen LogP contribution < -0.4 is 0 Å². The van der Waals surface area contributed by atoms with Crippen LogP contribution in [0.4, 0.5) is 4.79 Å². The van der Waals surface area contributed by atoms with E-state index in [1.807, 2.05) is 13.0 Å². The molecular formula is C20H27NO7S. The molecule has 0 radical (unpaired) electrons. The minimum absolute atomic E-state index is 0.0500. The summed E-state index contributed by atoms with van der Waals surface area (Å²) >= 11 is 0. The number of methoxy groups -OCH3 is 1. The first kappa shape index (κ1) is 22.9. The molecule has 2 rings (SSSR count). The third kappa shape index (κ3) is 6.57. The standard InChI is InChI=1S/C20H27NO7S/c1-15-9-11-16(12-10-15)29(25,26)28-18-13-14-21(20(23)24)17(18)7-5-3-4-6-8-19(22)27-2/h3,5,9-12,17-18H,4,6-8,13-14H2,1-2H3,(H,23,24)/b5-3-/t17-,18?/m1/s1. The van der Waals surface area contributed by atoms with Crippen LogP contribution in [0.5, 0.6) is 0 Å². The molecule has 2 atom stereocenters. The number of likely N-dealkylation sites (tertiary alicyclic amines) is 1. The molecule has 0 saturated carbocycles. The van der Waals surface area contributed by atoms with Gasteiger partial charge in [0.15, 0.2) is 0 Å². The molecule has 1 aromatic rings. The molecule has 0 aromatic heterocycles. The van der Waals surface area contributed by atoms with Crippen LogP contribution in [0.15, 0.2) is 41.3 Å². The van der Waals surface area contributed by atoms with E-state index in [2.05, 4.69) is 4.74 Å². The van der Waals surface area contributed by atoms with Gasteiger partial charge in [-0.1, -0.05) is 29.8 Å². The highest BCUT2D eigenvalue weighted by Gasteiger charge is 2.39. The summed E-state index contributed by atoms with van der Waals surface area (Å²) in [4.78, 5) is 23.9. The normalized spacial score (nSPS) is 19.6. The Morgan fingerprint density at radius 1 is 1.24 bits per heavy atom. The van der Waals surface area contributed by atoms with Gasteiger partial charge in [0.2, 0.25) is 0 Å². The number of aryl methyl sites for hydroxylation is 1. The Morgan fingerprint density at radius 2 is 1.93 bits per heavy atom. The molecule has 0 spiro atoms. The molecule has 0 aliphatic carbocycles. The van der Waals surface area contributed by atoms with Crippen molar-refractivity contribution in [2.75, 3.05) is 13.7 Å². The molecule has 1 unspecified atom stereocenters. The lowest BCUT2D eigenvalue weighted by Gasteiger charge is -2.24. The highest BCUT2D eigenvalue weighted by atomic mass is 32.2. The van der Waals surface area contributed by atoms with Gasteiger partial charge in [0.05, 0.1) is 24.2 Å². The summed E-state index contributed by atoms with van der Waals surface area (Å²) in [6.45, 7) is 2.07. The molecule has 1 fully saturated rings.